The van der Waals surface area contributed by atoms with Gasteiger partial charge in [-0.3, -0.25) is 4.79 Å². The van der Waals surface area contributed by atoms with Crippen LogP contribution in [0.25, 0.3) is 0 Å². The molecule has 1 N–H and O–H groups in total. The highest BCUT2D eigenvalue weighted by Gasteiger charge is 2.27. The molecule has 1 heterocycles. The molecular weight excluding hydrogens is 355 g/mol. The van der Waals surface area contributed by atoms with Crippen molar-refractivity contribution in [3.05, 3.63) is 71.0 Å². The molecule has 7 heteroatoms. The van der Waals surface area contributed by atoms with E-state index in [1.807, 2.05) is 24.3 Å². The zero-order valence-corrected chi connectivity index (χ0v) is 15.3. The fourth-order valence-electron chi connectivity index (χ4n) is 3.12. The van der Waals surface area contributed by atoms with Crippen molar-refractivity contribution in [1.82, 2.24) is 9.62 Å². The van der Waals surface area contributed by atoms with E-state index in [1.165, 1.54) is 29.8 Å². The molecule has 138 valence electrons. The van der Waals surface area contributed by atoms with Crippen LogP contribution >= 0.6 is 0 Å². The van der Waals surface area contributed by atoms with Crippen molar-refractivity contribution in [2.75, 3.05) is 6.54 Å². The van der Waals surface area contributed by atoms with Gasteiger partial charge < -0.3 is 4.90 Å². The molecule has 0 radical (unpaired) electrons. The minimum atomic E-state index is -3.71. The number of hydrogen-bond acceptors (Lipinski definition) is 3. The minimum Gasteiger partial charge on any atom is -0.337 e. The number of carbonyl (C=O) groups is 1. The molecule has 5 nitrogen and oxygen atoms in total. The van der Waals surface area contributed by atoms with Crippen molar-refractivity contribution in [2.45, 2.75) is 31.7 Å². The summed E-state index contributed by atoms with van der Waals surface area (Å²) in [6.07, 6.45) is 0.761. The van der Waals surface area contributed by atoms with Crippen LogP contribution in [0.15, 0.2) is 48.5 Å². The Morgan fingerprint density at radius 2 is 1.81 bits per heavy atom. The van der Waals surface area contributed by atoms with Crippen molar-refractivity contribution in [2.24, 2.45) is 0 Å². The van der Waals surface area contributed by atoms with E-state index in [0.717, 1.165) is 12.0 Å². The summed E-state index contributed by atoms with van der Waals surface area (Å²) in [5.41, 5.74) is 2.78. The lowest BCUT2D eigenvalue weighted by molar-refractivity contribution is -0.133. The number of amides is 1. The summed E-state index contributed by atoms with van der Waals surface area (Å²) in [4.78, 5) is 14.3. The molecule has 0 unspecified atom stereocenters. The Kier molecular flexibility index (Phi) is 5.38. The zero-order valence-electron chi connectivity index (χ0n) is 14.5. The fourth-order valence-corrected chi connectivity index (χ4v) is 4.47. The third-order valence-corrected chi connectivity index (χ3v) is 5.87. The molecule has 1 amide bonds. The maximum Gasteiger partial charge on any atom is 0.240 e. The molecule has 0 fully saturated rings. The van der Waals surface area contributed by atoms with Crippen molar-refractivity contribution >= 4 is 15.9 Å². The zero-order chi connectivity index (χ0) is 18.7. The molecule has 0 saturated carbocycles. The quantitative estimate of drug-likeness (QED) is 0.870. The van der Waals surface area contributed by atoms with Gasteiger partial charge in [-0.2, -0.15) is 0 Å². The molecule has 0 aromatic heterocycles. The van der Waals surface area contributed by atoms with Gasteiger partial charge in [0.2, 0.25) is 15.9 Å². The first-order valence-electron chi connectivity index (χ1n) is 8.44. The molecular formula is C19H21FN2O3S. The summed E-state index contributed by atoms with van der Waals surface area (Å²) < 4.78 is 40.0. The van der Waals surface area contributed by atoms with Gasteiger partial charge >= 0.3 is 0 Å². The number of rotatable bonds is 5. The van der Waals surface area contributed by atoms with Crippen LogP contribution in [-0.2, 0) is 33.5 Å². The first-order chi connectivity index (χ1) is 12.3. The number of nitrogens with zero attached hydrogens (tertiary/aromatic N) is 1. The Balaban J connectivity index is 1.62. The number of sulfonamides is 1. The van der Waals surface area contributed by atoms with Crippen LogP contribution in [0.1, 0.15) is 23.6 Å². The first kappa shape index (κ1) is 18.5. The third-order valence-electron chi connectivity index (χ3n) is 4.44. The maximum atomic E-state index is 12.9. The highest BCUT2D eigenvalue weighted by Crippen LogP contribution is 2.19. The van der Waals surface area contributed by atoms with Gasteiger partial charge in [-0.1, -0.05) is 36.4 Å². The molecule has 3 rings (SSSR count). The molecule has 2 aromatic rings. The van der Waals surface area contributed by atoms with E-state index in [9.17, 15) is 17.6 Å². The van der Waals surface area contributed by atoms with E-state index >= 15 is 0 Å². The lowest BCUT2D eigenvalue weighted by Crippen LogP contribution is -2.48. The predicted molar refractivity (Wildman–Crippen MR) is 97.2 cm³/mol. The van der Waals surface area contributed by atoms with Crippen molar-refractivity contribution in [3.63, 3.8) is 0 Å². The Morgan fingerprint density at radius 3 is 2.50 bits per heavy atom. The van der Waals surface area contributed by atoms with Crippen LogP contribution in [0.2, 0.25) is 0 Å². The van der Waals surface area contributed by atoms with E-state index in [2.05, 4.69) is 4.72 Å². The van der Waals surface area contributed by atoms with Crippen LogP contribution in [-0.4, -0.2) is 31.8 Å². The number of fused-ring (bicyclic) bond motifs is 1. The molecule has 0 aliphatic carbocycles. The molecule has 1 atom stereocenters. The van der Waals surface area contributed by atoms with Crippen LogP contribution in [0.5, 0.6) is 0 Å². The standard InChI is InChI=1S/C19H21FN2O3S/c1-14(21-26(24,25)13-15-6-8-18(20)9-7-15)19(23)22-11-10-16-4-2-3-5-17(16)12-22/h2-9,14,21H,10-13H2,1H3/t14-/m0/s1. The predicted octanol–water partition coefficient (Wildman–Crippen LogP) is 2.22. The maximum absolute atomic E-state index is 12.9. The SMILES string of the molecule is C[C@H](NS(=O)(=O)Cc1ccc(F)cc1)C(=O)N1CCc2ccccc2C1. The number of hydrogen-bond donors (Lipinski definition) is 1. The molecule has 0 spiro atoms. The molecule has 1 aliphatic heterocycles. The molecule has 0 saturated heterocycles. The Bertz CT molecular complexity index is 897. The first-order valence-corrected chi connectivity index (χ1v) is 10.1. The van der Waals surface area contributed by atoms with Crippen molar-refractivity contribution in [1.29, 1.82) is 0 Å². The van der Waals surface area contributed by atoms with Crippen LogP contribution in [0.4, 0.5) is 4.39 Å². The van der Waals surface area contributed by atoms with Crippen LogP contribution in [0, 0.1) is 5.82 Å². The van der Waals surface area contributed by atoms with E-state index in [1.54, 1.807) is 11.8 Å². The van der Waals surface area contributed by atoms with E-state index in [0.29, 0.717) is 18.7 Å². The van der Waals surface area contributed by atoms with E-state index < -0.39 is 21.9 Å². The molecule has 0 bridgehead atoms. The van der Waals surface area contributed by atoms with Gasteiger partial charge in [0.1, 0.15) is 5.82 Å². The summed E-state index contributed by atoms with van der Waals surface area (Å²) in [6, 6.07) is 12.3. The van der Waals surface area contributed by atoms with Crippen LogP contribution in [0.3, 0.4) is 0 Å². The second-order valence-corrected chi connectivity index (χ2v) is 8.26. The van der Waals surface area contributed by atoms with Crippen molar-refractivity contribution in [3.8, 4) is 0 Å². The largest absolute Gasteiger partial charge is 0.337 e. The number of benzene rings is 2. The summed E-state index contributed by atoms with van der Waals surface area (Å²) >= 11 is 0. The summed E-state index contributed by atoms with van der Waals surface area (Å²) in [7, 11) is -3.71. The average Bonchev–Trinajstić information content (AvgIpc) is 2.62. The highest BCUT2D eigenvalue weighted by atomic mass is 32.2. The van der Waals surface area contributed by atoms with E-state index in [4.69, 9.17) is 0 Å². The molecule has 26 heavy (non-hydrogen) atoms. The fraction of sp³-hybridized carbons (Fsp3) is 0.316. The second kappa shape index (κ2) is 7.55. The molecule has 1 aliphatic rings. The smallest absolute Gasteiger partial charge is 0.240 e. The monoisotopic (exact) mass is 376 g/mol. The summed E-state index contributed by atoms with van der Waals surface area (Å²) in [5.74, 6) is -0.969. The Morgan fingerprint density at radius 1 is 1.15 bits per heavy atom. The summed E-state index contributed by atoms with van der Waals surface area (Å²) in [5, 5.41) is 0. The summed E-state index contributed by atoms with van der Waals surface area (Å²) in [6.45, 7) is 2.60. The van der Waals surface area contributed by atoms with Gasteiger partial charge in [-0.25, -0.2) is 17.5 Å². The number of nitrogens with one attached hydrogen (secondary N) is 1. The second-order valence-electron chi connectivity index (χ2n) is 6.50. The van der Waals surface area contributed by atoms with Gasteiger partial charge in [-0.15, -0.1) is 0 Å². The lowest BCUT2D eigenvalue weighted by atomic mass is 9.99. The minimum absolute atomic E-state index is 0.248. The topological polar surface area (TPSA) is 66.5 Å². The number of carbonyl (C=O) groups excluding carboxylic acids is 1. The van der Waals surface area contributed by atoms with Gasteiger partial charge in [0.25, 0.3) is 0 Å². The lowest BCUT2D eigenvalue weighted by Gasteiger charge is -2.31. The number of halogens is 1. The van der Waals surface area contributed by atoms with Gasteiger partial charge in [0, 0.05) is 13.1 Å². The molecule has 2 aromatic carbocycles. The normalized spacial score (nSPS) is 15.4. The Hall–Kier alpha value is -2.25. The van der Waals surface area contributed by atoms with E-state index in [-0.39, 0.29) is 11.7 Å². The average molecular weight is 376 g/mol. The van der Waals surface area contributed by atoms with Crippen molar-refractivity contribution < 1.29 is 17.6 Å². The Labute approximate surface area is 152 Å². The van der Waals surface area contributed by atoms with Gasteiger partial charge in [-0.05, 0) is 42.2 Å². The van der Waals surface area contributed by atoms with Gasteiger partial charge in [0.15, 0.2) is 0 Å². The highest BCUT2D eigenvalue weighted by molar-refractivity contribution is 7.88. The van der Waals surface area contributed by atoms with Crippen LogP contribution < -0.4 is 4.72 Å². The third kappa shape index (κ3) is 4.47. The van der Waals surface area contributed by atoms with Gasteiger partial charge in [0.05, 0.1) is 11.8 Å².